The lowest BCUT2D eigenvalue weighted by molar-refractivity contribution is 0.0706. The van der Waals surface area contributed by atoms with Gasteiger partial charge in [0.1, 0.15) is 6.33 Å². The highest BCUT2D eigenvalue weighted by Crippen LogP contribution is 2.35. The lowest BCUT2D eigenvalue weighted by Gasteiger charge is -2.33. The number of amides is 1. The first kappa shape index (κ1) is 23.0. The minimum Gasteiger partial charge on any atom is -0.338 e. The van der Waals surface area contributed by atoms with E-state index in [1.54, 1.807) is 6.33 Å². The Morgan fingerprint density at radius 1 is 0.941 bits per heavy atom. The van der Waals surface area contributed by atoms with Crippen LogP contribution in [-0.4, -0.2) is 51.9 Å². The van der Waals surface area contributed by atoms with E-state index in [1.165, 1.54) is 37.9 Å². The van der Waals surface area contributed by atoms with Crippen molar-refractivity contribution < 1.29 is 4.79 Å². The summed E-state index contributed by atoms with van der Waals surface area (Å²) in [5, 5.41) is 0.687. The van der Waals surface area contributed by atoms with E-state index in [0.717, 1.165) is 48.3 Å². The molecule has 0 spiro atoms. The van der Waals surface area contributed by atoms with Gasteiger partial charge in [-0.15, -0.1) is 0 Å². The van der Waals surface area contributed by atoms with Crippen LogP contribution >= 0.6 is 11.6 Å². The molecule has 6 heteroatoms. The van der Waals surface area contributed by atoms with Gasteiger partial charge in [-0.2, -0.15) is 0 Å². The van der Waals surface area contributed by atoms with Crippen LogP contribution in [0.2, 0.25) is 5.02 Å². The van der Waals surface area contributed by atoms with E-state index >= 15 is 0 Å². The molecule has 1 aromatic heterocycles. The second kappa shape index (κ2) is 10.7. The third kappa shape index (κ3) is 5.16. The van der Waals surface area contributed by atoms with Crippen molar-refractivity contribution in [3.05, 3.63) is 82.9 Å². The van der Waals surface area contributed by atoms with E-state index in [0.29, 0.717) is 11.6 Å². The van der Waals surface area contributed by atoms with Gasteiger partial charge in [0, 0.05) is 53.5 Å². The number of halogens is 1. The Bertz CT molecular complexity index is 1130. The van der Waals surface area contributed by atoms with Gasteiger partial charge >= 0.3 is 0 Å². The van der Waals surface area contributed by atoms with Crippen LogP contribution in [0.25, 0.3) is 11.1 Å². The van der Waals surface area contributed by atoms with Crippen LogP contribution in [0.4, 0.5) is 0 Å². The third-order valence-electron chi connectivity index (χ3n) is 7.06. The molecule has 5 rings (SSSR count). The summed E-state index contributed by atoms with van der Waals surface area (Å²) in [5.41, 5.74) is 4.90. The number of hydrogen-bond donors (Lipinski definition) is 0. The van der Waals surface area contributed by atoms with E-state index in [9.17, 15) is 4.79 Å². The molecule has 176 valence electrons. The van der Waals surface area contributed by atoms with Crippen molar-refractivity contribution in [1.82, 2.24) is 19.8 Å². The molecule has 2 aliphatic rings. The summed E-state index contributed by atoms with van der Waals surface area (Å²) in [6, 6.07) is 16.0. The van der Waals surface area contributed by atoms with Crippen molar-refractivity contribution in [1.29, 1.82) is 0 Å². The van der Waals surface area contributed by atoms with Gasteiger partial charge in [-0.3, -0.25) is 9.69 Å². The van der Waals surface area contributed by atoms with Crippen LogP contribution < -0.4 is 0 Å². The van der Waals surface area contributed by atoms with Gasteiger partial charge in [-0.05, 0) is 62.5 Å². The molecule has 3 aromatic rings. The fraction of sp³-hybridized carbons (Fsp3) is 0.393. The minimum absolute atomic E-state index is 0.0996. The standard InChI is InChI=1S/C28H31ClN4O/c29-26-9-3-2-8-24(26)25-17-30-20-31-27(25)23-7-6-16-33(19-23)28(34)22-12-10-21(11-13-22)18-32-14-4-1-5-15-32/h2-3,8-13,17,20,23H,1,4-7,14-16,18-19H2/t23-/m0/s1. The number of piperidine rings is 2. The maximum absolute atomic E-state index is 13.3. The van der Waals surface area contributed by atoms with E-state index in [2.05, 4.69) is 27.0 Å². The molecule has 0 unspecified atom stereocenters. The monoisotopic (exact) mass is 474 g/mol. The molecule has 0 N–H and O–H groups in total. The molecule has 0 saturated carbocycles. The first-order chi connectivity index (χ1) is 16.7. The normalized spacial score (nSPS) is 19.2. The van der Waals surface area contributed by atoms with E-state index in [1.807, 2.05) is 47.5 Å². The van der Waals surface area contributed by atoms with Gasteiger partial charge in [-0.1, -0.05) is 48.4 Å². The zero-order valence-corrected chi connectivity index (χ0v) is 20.3. The second-order valence-corrected chi connectivity index (χ2v) is 9.83. The predicted molar refractivity (Wildman–Crippen MR) is 136 cm³/mol. The molecule has 34 heavy (non-hydrogen) atoms. The molecule has 2 aromatic carbocycles. The highest BCUT2D eigenvalue weighted by atomic mass is 35.5. The molecular formula is C28H31ClN4O. The van der Waals surface area contributed by atoms with Crippen LogP contribution in [0.15, 0.2) is 61.1 Å². The van der Waals surface area contributed by atoms with Gasteiger partial charge in [0.05, 0.1) is 5.69 Å². The zero-order valence-electron chi connectivity index (χ0n) is 19.5. The smallest absolute Gasteiger partial charge is 0.253 e. The summed E-state index contributed by atoms with van der Waals surface area (Å²) in [7, 11) is 0. The number of aromatic nitrogens is 2. The zero-order chi connectivity index (χ0) is 23.3. The maximum Gasteiger partial charge on any atom is 0.253 e. The number of rotatable bonds is 5. The van der Waals surface area contributed by atoms with Crippen molar-refractivity contribution in [2.45, 2.75) is 44.6 Å². The summed E-state index contributed by atoms with van der Waals surface area (Å²) >= 11 is 6.48. The second-order valence-electron chi connectivity index (χ2n) is 9.43. The topological polar surface area (TPSA) is 49.3 Å². The Balaban J connectivity index is 1.30. The molecule has 1 atom stereocenters. The number of hydrogen-bond acceptors (Lipinski definition) is 4. The maximum atomic E-state index is 13.3. The lowest BCUT2D eigenvalue weighted by atomic mass is 9.89. The molecule has 5 nitrogen and oxygen atoms in total. The molecule has 1 amide bonds. The van der Waals surface area contributed by atoms with Crippen LogP contribution in [-0.2, 0) is 6.54 Å². The van der Waals surface area contributed by atoms with E-state index in [-0.39, 0.29) is 11.8 Å². The average Bonchev–Trinajstić information content (AvgIpc) is 2.90. The number of likely N-dealkylation sites (tertiary alicyclic amines) is 2. The van der Waals surface area contributed by atoms with Gasteiger partial charge in [0.2, 0.25) is 0 Å². The Hall–Kier alpha value is -2.76. The molecular weight excluding hydrogens is 444 g/mol. The molecule has 2 fully saturated rings. The van der Waals surface area contributed by atoms with Crippen molar-refractivity contribution >= 4 is 17.5 Å². The molecule has 2 aliphatic heterocycles. The van der Waals surface area contributed by atoms with Crippen LogP contribution in [0.3, 0.4) is 0 Å². The van der Waals surface area contributed by atoms with Crippen molar-refractivity contribution in [2.24, 2.45) is 0 Å². The fourth-order valence-electron chi connectivity index (χ4n) is 5.25. The molecule has 0 aliphatic carbocycles. The Morgan fingerprint density at radius 3 is 2.53 bits per heavy atom. The fourth-order valence-corrected chi connectivity index (χ4v) is 5.48. The summed E-state index contributed by atoms with van der Waals surface area (Å²) in [4.78, 5) is 26.7. The van der Waals surface area contributed by atoms with Crippen LogP contribution in [0, 0.1) is 0 Å². The highest BCUT2D eigenvalue weighted by molar-refractivity contribution is 6.33. The van der Waals surface area contributed by atoms with Crippen molar-refractivity contribution in [3.8, 4) is 11.1 Å². The minimum atomic E-state index is 0.0996. The summed E-state index contributed by atoms with van der Waals surface area (Å²) in [5.74, 6) is 0.257. The van der Waals surface area contributed by atoms with Crippen LogP contribution in [0.5, 0.6) is 0 Å². The molecule has 0 radical (unpaired) electrons. The Kier molecular flexibility index (Phi) is 7.21. The van der Waals surface area contributed by atoms with Gasteiger partial charge in [0.25, 0.3) is 5.91 Å². The van der Waals surface area contributed by atoms with Crippen LogP contribution in [0.1, 0.15) is 59.6 Å². The van der Waals surface area contributed by atoms with Gasteiger partial charge in [0.15, 0.2) is 0 Å². The summed E-state index contributed by atoms with van der Waals surface area (Å²) in [6.07, 6.45) is 9.30. The predicted octanol–water partition coefficient (Wildman–Crippen LogP) is 5.80. The highest BCUT2D eigenvalue weighted by Gasteiger charge is 2.28. The Labute approximate surface area is 206 Å². The summed E-state index contributed by atoms with van der Waals surface area (Å²) in [6.45, 7) is 4.75. The van der Waals surface area contributed by atoms with Gasteiger partial charge < -0.3 is 4.90 Å². The van der Waals surface area contributed by atoms with E-state index in [4.69, 9.17) is 11.6 Å². The third-order valence-corrected chi connectivity index (χ3v) is 7.39. The lowest BCUT2D eigenvalue weighted by Crippen LogP contribution is -2.39. The number of benzene rings is 2. The largest absolute Gasteiger partial charge is 0.338 e. The quantitative estimate of drug-likeness (QED) is 0.468. The Morgan fingerprint density at radius 2 is 1.74 bits per heavy atom. The first-order valence-corrected chi connectivity index (χ1v) is 12.7. The number of nitrogens with zero attached hydrogens (tertiary/aromatic N) is 4. The van der Waals surface area contributed by atoms with E-state index < -0.39 is 0 Å². The number of carbonyl (C=O) groups is 1. The molecule has 3 heterocycles. The SMILES string of the molecule is O=C(c1ccc(CN2CCCCC2)cc1)N1CCC[C@H](c2ncncc2-c2ccccc2Cl)C1. The van der Waals surface area contributed by atoms with Gasteiger partial charge in [-0.25, -0.2) is 9.97 Å². The first-order valence-electron chi connectivity index (χ1n) is 12.3. The number of carbonyl (C=O) groups excluding carboxylic acids is 1. The van der Waals surface area contributed by atoms with Crippen molar-refractivity contribution in [2.75, 3.05) is 26.2 Å². The molecule has 0 bridgehead atoms. The average molecular weight is 475 g/mol. The summed E-state index contributed by atoms with van der Waals surface area (Å²) < 4.78 is 0. The van der Waals surface area contributed by atoms with Crippen molar-refractivity contribution in [3.63, 3.8) is 0 Å². The molecule has 2 saturated heterocycles.